The van der Waals surface area contributed by atoms with Crippen LogP contribution in [0, 0.1) is 0 Å². The van der Waals surface area contributed by atoms with Gasteiger partial charge in [0.15, 0.2) is 11.4 Å². The van der Waals surface area contributed by atoms with Crippen molar-refractivity contribution in [3.8, 4) is 0 Å². The first kappa shape index (κ1) is 17.1. The van der Waals surface area contributed by atoms with Crippen LogP contribution in [0.2, 0.25) is 0 Å². The average molecular weight is 335 g/mol. The van der Waals surface area contributed by atoms with Gasteiger partial charge in [-0.3, -0.25) is 9.59 Å². The number of benzene rings is 2. The number of anilines is 1. The molecule has 0 aliphatic carbocycles. The van der Waals surface area contributed by atoms with Gasteiger partial charge in [-0.05, 0) is 31.6 Å². The molecule has 0 spiro atoms. The van der Waals surface area contributed by atoms with Crippen LogP contribution >= 0.6 is 0 Å². The number of allylic oxidation sites excluding steroid dienone is 1. The van der Waals surface area contributed by atoms with Crippen LogP contribution in [0.1, 0.15) is 31.4 Å². The van der Waals surface area contributed by atoms with Gasteiger partial charge in [0.05, 0.1) is 12.1 Å². The van der Waals surface area contributed by atoms with Crippen molar-refractivity contribution in [3.05, 3.63) is 71.8 Å². The Bertz CT molecular complexity index is 826. The first-order chi connectivity index (χ1) is 11.9. The lowest BCUT2D eigenvalue weighted by molar-refractivity contribution is -0.140. The summed E-state index contributed by atoms with van der Waals surface area (Å²) in [6.45, 7) is 3.77. The van der Waals surface area contributed by atoms with Crippen molar-refractivity contribution in [3.63, 3.8) is 0 Å². The van der Waals surface area contributed by atoms with E-state index in [1.807, 2.05) is 50.2 Å². The molecule has 2 aromatic carbocycles. The fourth-order valence-electron chi connectivity index (χ4n) is 3.21. The highest BCUT2D eigenvalue weighted by atomic mass is 16.3. The summed E-state index contributed by atoms with van der Waals surface area (Å²) in [5.74, 6) is -0.731. The summed E-state index contributed by atoms with van der Waals surface area (Å²) in [7, 11) is 0. The minimum Gasteiger partial charge on any atom is -0.375 e. The smallest absolute Gasteiger partial charge is 0.264 e. The van der Waals surface area contributed by atoms with Gasteiger partial charge in [0.2, 0.25) is 0 Å². The molecule has 0 saturated heterocycles. The Morgan fingerprint density at radius 1 is 1.12 bits per heavy atom. The lowest BCUT2D eigenvalue weighted by Gasteiger charge is -2.25. The van der Waals surface area contributed by atoms with Gasteiger partial charge in [0.1, 0.15) is 0 Å². The molecule has 0 bridgehead atoms. The second-order valence-corrected chi connectivity index (χ2v) is 6.53. The zero-order chi connectivity index (χ0) is 18.0. The molecule has 128 valence electrons. The van der Waals surface area contributed by atoms with E-state index in [1.54, 1.807) is 29.2 Å². The van der Waals surface area contributed by atoms with Crippen molar-refractivity contribution in [2.75, 3.05) is 4.90 Å². The Kier molecular flexibility index (Phi) is 4.55. The quantitative estimate of drug-likeness (QED) is 0.853. The lowest BCUT2D eigenvalue weighted by Crippen LogP contribution is -2.44. The lowest BCUT2D eigenvalue weighted by atomic mass is 9.89. The van der Waals surface area contributed by atoms with E-state index in [1.165, 1.54) is 6.08 Å². The zero-order valence-electron chi connectivity index (χ0n) is 14.3. The molecule has 1 aliphatic rings. The maximum atomic E-state index is 12.8. The molecule has 4 nitrogen and oxygen atoms in total. The molecule has 2 aromatic rings. The fourth-order valence-corrected chi connectivity index (χ4v) is 3.21. The number of fused-ring (bicyclic) bond motifs is 1. The molecule has 1 N–H and O–H groups in total. The van der Waals surface area contributed by atoms with Gasteiger partial charge in [-0.15, -0.1) is 0 Å². The maximum absolute atomic E-state index is 12.8. The standard InChI is InChI=1S/C21H21NO3/c1-15(2)22-19-11-7-6-10-18(19)21(25,20(22)24)14-17(23)13-12-16-8-4-3-5-9-16/h3-13,15,25H,14H2,1-2H3/b13-12+/t21-/m1/s1. The predicted octanol–water partition coefficient (Wildman–Crippen LogP) is 3.30. The molecule has 1 heterocycles. The fraction of sp³-hybridized carbons (Fsp3) is 0.238. The normalized spacial score (nSPS) is 19.7. The van der Waals surface area contributed by atoms with Crippen LogP contribution in [-0.4, -0.2) is 22.8 Å². The van der Waals surface area contributed by atoms with E-state index in [4.69, 9.17) is 0 Å². The molecule has 0 aromatic heterocycles. The number of aliphatic hydroxyl groups is 1. The number of carbonyl (C=O) groups excluding carboxylic acids is 2. The molecule has 0 saturated carbocycles. The number of ketones is 1. The second kappa shape index (κ2) is 6.65. The highest BCUT2D eigenvalue weighted by Crippen LogP contribution is 2.43. The van der Waals surface area contributed by atoms with Gasteiger partial charge in [-0.2, -0.15) is 0 Å². The van der Waals surface area contributed by atoms with Gasteiger partial charge in [0.25, 0.3) is 5.91 Å². The molecule has 0 fully saturated rings. The van der Waals surface area contributed by atoms with Crippen LogP contribution in [0.15, 0.2) is 60.7 Å². The molecule has 25 heavy (non-hydrogen) atoms. The van der Waals surface area contributed by atoms with Crippen molar-refractivity contribution in [2.24, 2.45) is 0 Å². The van der Waals surface area contributed by atoms with Crippen LogP contribution < -0.4 is 4.90 Å². The summed E-state index contributed by atoms with van der Waals surface area (Å²) in [5.41, 5.74) is 0.253. The average Bonchev–Trinajstić information content (AvgIpc) is 2.82. The summed E-state index contributed by atoms with van der Waals surface area (Å²) in [6.07, 6.45) is 2.84. The third-order valence-corrected chi connectivity index (χ3v) is 4.39. The molecule has 3 rings (SSSR count). The molecule has 1 amide bonds. The van der Waals surface area contributed by atoms with Crippen molar-refractivity contribution in [1.82, 2.24) is 0 Å². The number of rotatable bonds is 5. The Balaban J connectivity index is 1.87. The van der Waals surface area contributed by atoms with E-state index in [0.717, 1.165) is 5.56 Å². The molecule has 1 atom stereocenters. The number of carbonyl (C=O) groups is 2. The maximum Gasteiger partial charge on any atom is 0.264 e. The van der Waals surface area contributed by atoms with E-state index < -0.39 is 11.5 Å². The molecule has 0 radical (unpaired) electrons. The molecular weight excluding hydrogens is 314 g/mol. The monoisotopic (exact) mass is 335 g/mol. The van der Waals surface area contributed by atoms with Crippen LogP contribution in [0.4, 0.5) is 5.69 Å². The minimum absolute atomic E-state index is 0.0994. The van der Waals surface area contributed by atoms with Crippen molar-refractivity contribution >= 4 is 23.5 Å². The van der Waals surface area contributed by atoms with Crippen LogP contribution in [0.5, 0.6) is 0 Å². The van der Waals surface area contributed by atoms with Crippen molar-refractivity contribution < 1.29 is 14.7 Å². The van der Waals surface area contributed by atoms with Crippen LogP contribution in [0.25, 0.3) is 6.08 Å². The van der Waals surface area contributed by atoms with E-state index >= 15 is 0 Å². The van der Waals surface area contributed by atoms with Crippen LogP contribution in [-0.2, 0) is 15.2 Å². The van der Waals surface area contributed by atoms with Gasteiger partial charge >= 0.3 is 0 Å². The summed E-state index contributed by atoms with van der Waals surface area (Å²) >= 11 is 0. The number of hydrogen-bond donors (Lipinski definition) is 1. The van der Waals surface area contributed by atoms with Crippen molar-refractivity contribution in [2.45, 2.75) is 31.9 Å². The highest BCUT2D eigenvalue weighted by Gasteiger charge is 2.51. The predicted molar refractivity (Wildman–Crippen MR) is 98.1 cm³/mol. The van der Waals surface area contributed by atoms with Gasteiger partial charge < -0.3 is 10.0 Å². The molecule has 0 unspecified atom stereocenters. The Morgan fingerprint density at radius 2 is 1.76 bits per heavy atom. The largest absolute Gasteiger partial charge is 0.375 e. The number of hydrogen-bond acceptors (Lipinski definition) is 3. The third-order valence-electron chi connectivity index (χ3n) is 4.39. The van der Waals surface area contributed by atoms with E-state index in [-0.39, 0.29) is 18.2 Å². The first-order valence-corrected chi connectivity index (χ1v) is 8.35. The zero-order valence-corrected chi connectivity index (χ0v) is 14.3. The highest BCUT2D eigenvalue weighted by molar-refractivity contribution is 6.10. The topological polar surface area (TPSA) is 57.6 Å². The van der Waals surface area contributed by atoms with Crippen molar-refractivity contribution in [1.29, 1.82) is 0 Å². The van der Waals surface area contributed by atoms with E-state index in [9.17, 15) is 14.7 Å². The summed E-state index contributed by atoms with van der Waals surface area (Å²) in [5, 5.41) is 11.1. The van der Waals surface area contributed by atoms with E-state index in [0.29, 0.717) is 11.3 Å². The number of para-hydroxylation sites is 1. The SMILES string of the molecule is CC(C)N1C(=O)[C@@](O)(CC(=O)/C=C/c2ccccc2)c2ccccc21. The minimum atomic E-state index is -1.81. The Labute approximate surface area is 147 Å². The summed E-state index contributed by atoms with van der Waals surface area (Å²) < 4.78 is 0. The Morgan fingerprint density at radius 3 is 2.44 bits per heavy atom. The van der Waals surface area contributed by atoms with Crippen LogP contribution in [0.3, 0.4) is 0 Å². The number of amides is 1. The Hall–Kier alpha value is -2.72. The number of nitrogens with zero attached hydrogens (tertiary/aromatic N) is 1. The summed E-state index contributed by atoms with van der Waals surface area (Å²) in [6, 6.07) is 16.4. The van der Waals surface area contributed by atoms with Gasteiger partial charge in [0, 0.05) is 11.6 Å². The van der Waals surface area contributed by atoms with E-state index in [2.05, 4.69) is 0 Å². The molecular formula is C21H21NO3. The third kappa shape index (κ3) is 3.13. The molecule has 1 aliphatic heterocycles. The van der Waals surface area contributed by atoms with Gasteiger partial charge in [-0.1, -0.05) is 54.6 Å². The summed E-state index contributed by atoms with van der Waals surface area (Å²) in [4.78, 5) is 26.8. The first-order valence-electron chi connectivity index (χ1n) is 8.35. The molecule has 4 heteroatoms. The second-order valence-electron chi connectivity index (χ2n) is 6.53. The van der Waals surface area contributed by atoms with Gasteiger partial charge in [-0.25, -0.2) is 0 Å².